The van der Waals surface area contributed by atoms with Crippen molar-refractivity contribution < 1.29 is 34.2 Å². The van der Waals surface area contributed by atoms with Gasteiger partial charge in [0.15, 0.2) is 5.13 Å². The Hall–Kier alpha value is -4.80. The highest BCUT2D eigenvalue weighted by molar-refractivity contribution is 7.09. The molecular formula is C23H27N9O7S. The molecule has 0 aromatic carbocycles. The zero-order valence-electron chi connectivity index (χ0n) is 21.4. The van der Waals surface area contributed by atoms with Gasteiger partial charge in [0.1, 0.15) is 17.6 Å². The average molecular weight is 574 g/mol. The lowest BCUT2D eigenvalue weighted by Gasteiger charge is -2.50. The normalized spacial score (nSPS) is 20.9. The van der Waals surface area contributed by atoms with Crippen molar-refractivity contribution in [1.29, 1.82) is 5.41 Å². The van der Waals surface area contributed by atoms with E-state index in [9.17, 15) is 29.4 Å². The number of amides is 2. The molecule has 3 aliphatic rings. The third-order valence-corrected chi connectivity index (χ3v) is 7.03. The van der Waals surface area contributed by atoms with Gasteiger partial charge in [-0.15, -0.1) is 0 Å². The van der Waals surface area contributed by atoms with Crippen molar-refractivity contribution >= 4 is 52.0 Å². The summed E-state index contributed by atoms with van der Waals surface area (Å²) in [6.45, 7) is 2.97. The second kappa shape index (κ2) is 10.8. The van der Waals surface area contributed by atoms with Gasteiger partial charge in [-0.1, -0.05) is 11.2 Å². The van der Waals surface area contributed by atoms with E-state index in [1.54, 1.807) is 23.3 Å². The third kappa shape index (κ3) is 5.49. The van der Waals surface area contributed by atoms with Crippen LogP contribution in [-0.4, -0.2) is 95.4 Å². The van der Waals surface area contributed by atoms with Crippen LogP contribution in [0.4, 0.5) is 5.13 Å². The summed E-state index contributed by atoms with van der Waals surface area (Å²) in [6.07, 6.45) is 5.87. The van der Waals surface area contributed by atoms with E-state index >= 15 is 0 Å². The first kappa shape index (κ1) is 28.2. The van der Waals surface area contributed by atoms with E-state index in [-0.39, 0.29) is 29.0 Å². The Morgan fingerprint density at radius 3 is 2.67 bits per heavy atom. The number of oxime groups is 1. The van der Waals surface area contributed by atoms with Crippen molar-refractivity contribution in [1.82, 2.24) is 24.5 Å². The predicted octanol–water partition coefficient (Wildman–Crippen LogP) is -0.776. The van der Waals surface area contributed by atoms with E-state index in [4.69, 9.17) is 21.7 Å². The molecule has 1 aromatic heterocycles. The maximum atomic E-state index is 13.2. The van der Waals surface area contributed by atoms with Crippen LogP contribution in [0.1, 0.15) is 32.5 Å². The number of amidine groups is 1. The number of rotatable bonds is 10. The number of carbonyl (C=O) groups is 4. The van der Waals surface area contributed by atoms with Gasteiger partial charge >= 0.3 is 11.9 Å². The van der Waals surface area contributed by atoms with Crippen molar-refractivity contribution in [3.05, 3.63) is 41.0 Å². The standard InChI is InChI=1S/C23H27N9O7S/c1-23(2,21(37)38)39-29-14(17-28-22(26)40-30-17)18(33)27-13-12-6-5-10(15(20(35)36)32(12)19(13)34)8-31-7-3-4-11(9-31)16(24)25/h3-4,7,12-13H,5-6,8-9H2,1-2H3,(H3,24,25)(H,27,33)(H,35,36)(H,37,38)(H2,26,28,30)/b29-14-/t12?,13-/m0/s1. The zero-order chi connectivity index (χ0) is 29.4. The Labute approximate surface area is 231 Å². The summed E-state index contributed by atoms with van der Waals surface area (Å²) in [4.78, 5) is 61.8. The van der Waals surface area contributed by atoms with Crippen molar-refractivity contribution in [3.63, 3.8) is 0 Å². The van der Waals surface area contributed by atoms with Gasteiger partial charge in [-0.25, -0.2) is 9.59 Å². The topological polar surface area (TPSA) is 251 Å². The fourth-order valence-corrected chi connectivity index (χ4v) is 4.79. The molecule has 1 unspecified atom stereocenters. The molecule has 1 saturated heterocycles. The third-order valence-electron chi connectivity index (χ3n) is 6.48. The van der Waals surface area contributed by atoms with Gasteiger partial charge in [-0.3, -0.25) is 19.9 Å². The largest absolute Gasteiger partial charge is 0.478 e. The minimum absolute atomic E-state index is 0.0180. The second-order valence-corrected chi connectivity index (χ2v) is 10.5. The first-order valence-corrected chi connectivity index (χ1v) is 12.7. The number of nitrogens with zero attached hydrogens (tertiary/aromatic N) is 5. The van der Waals surface area contributed by atoms with Crippen molar-refractivity contribution in [3.8, 4) is 0 Å². The Balaban J connectivity index is 1.52. The lowest BCUT2D eigenvalue weighted by molar-refractivity contribution is -0.161. The molecule has 0 radical (unpaired) electrons. The number of aromatic nitrogens is 2. The smallest absolute Gasteiger partial charge is 0.352 e. The number of carboxylic acid groups (broad SMARTS) is 2. The van der Waals surface area contributed by atoms with E-state index in [1.807, 2.05) is 0 Å². The monoisotopic (exact) mass is 573 g/mol. The number of nitrogen functional groups attached to an aromatic ring is 1. The maximum Gasteiger partial charge on any atom is 0.352 e. The first-order chi connectivity index (χ1) is 18.8. The van der Waals surface area contributed by atoms with Crippen LogP contribution in [0, 0.1) is 5.41 Å². The number of carbonyl (C=O) groups excluding carboxylic acids is 2. The lowest BCUT2D eigenvalue weighted by atomic mass is 9.83. The molecule has 17 heteroatoms. The highest BCUT2D eigenvalue weighted by atomic mass is 32.1. The summed E-state index contributed by atoms with van der Waals surface area (Å²) >= 11 is 0.773. The van der Waals surface area contributed by atoms with Crippen LogP contribution in [0.15, 0.2) is 40.4 Å². The van der Waals surface area contributed by atoms with E-state index in [1.165, 1.54) is 13.8 Å². The van der Waals surface area contributed by atoms with E-state index in [0.717, 1.165) is 16.4 Å². The Morgan fingerprint density at radius 2 is 2.08 bits per heavy atom. The van der Waals surface area contributed by atoms with E-state index < -0.39 is 47.1 Å². The van der Waals surface area contributed by atoms with Crippen LogP contribution in [0.25, 0.3) is 0 Å². The molecule has 2 atom stereocenters. The summed E-state index contributed by atoms with van der Waals surface area (Å²) in [6, 6.07) is -1.71. The molecule has 3 aliphatic heterocycles. The Bertz CT molecular complexity index is 1410. The number of fused-ring (bicyclic) bond motifs is 1. The maximum absolute atomic E-state index is 13.2. The molecule has 8 N–H and O–H groups in total. The van der Waals surface area contributed by atoms with Gasteiger partial charge in [0.2, 0.25) is 17.1 Å². The molecular weight excluding hydrogens is 546 g/mol. The van der Waals surface area contributed by atoms with Gasteiger partial charge in [-0.05, 0) is 44.5 Å². The van der Waals surface area contributed by atoms with E-state index in [2.05, 4.69) is 19.8 Å². The number of anilines is 1. The zero-order valence-corrected chi connectivity index (χ0v) is 22.3. The average Bonchev–Trinajstić information content (AvgIpc) is 3.32. The number of hydrogen-bond acceptors (Lipinski definition) is 12. The molecule has 16 nitrogen and oxygen atoms in total. The lowest BCUT2D eigenvalue weighted by Crippen LogP contribution is -2.72. The molecule has 0 bridgehead atoms. The SMILES string of the molecule is CC(C)(O/N=C(\C(=O)N[C@@H]1C(=O)N2C(C(=O)O)=C(CN3C=CC=C(C(=N)N)C3)CCC12)c1nsc(N)n1)C(=O)O. The highest BCUT2D eigenvalue weighted by Gasteiger charge is 2.53. The molecule has 0 aliphatic carbocycles. The number of hydrogen-bond donors (Lipinski definition) is 6. The van der Waals surface area contributed by atoms with Gasteiger partial charge in [0.25, 0.3) is 11.8 Å². The molecule has 2 amide bonds. The molecule has 4 rings (SSSR count). The van der Waals surface area contributed by atoms with Gasteiger partial charge in [0, 0.05) is 30.2 Å². The predicted molar refractivity (Wildman–Crippen MR) is 141 cm³/mol. The van der Waals surface area contributed by atoms with Crippen LogP contribution in [0.5, 0.6) is 0 Å². The van der Waals surface area contributed by atoms with E-state index in [0.29, 0.717) is 30.5 Å². The van der Waals surface area contributed by atoms with Crippen molar-refractivity contribution in [2.45, 2.75) is 44.4 Å². The molecule has 0 spiro atoms. The van der Waals surface area contributed by atoms with Crippen LogP contribution in [-0.2, 0) is 24.0 Å². The molecule has 212 valence electrons. The molecule has 0 saturated carbocycles. The molecule has 40 heavy (non-hydrogen) atoms. The summed E-state index contributed by atoms with van der Waals surface area (Å²) in [5.41, 5.74) is 9.85. The quantitative estimate of drug-likeness (QED) is 0.0873. The number of allylic oxidation sites excluding steroid dienone is 2. The first-order valence-electron chi connectivity index (χ1n) is 11.9. The Morgan fingerprint density at radius 1 is 1.35 bits per heavy atom. The molecule has 4 heterocycles. The number of carboxylic acids is 2. The van der Waals surface area contributed by atoms with Crippen LogP contribution in [0.3, 0.4) is 0 Å². The minimum atomic E-state index is -1.79. The molecule has 1 fully saturated rings. The van der Waals surface area contributed by atoms with Gasteiger partial charge in [-0.2, -0.15) is 9.36 Å². The fraction of sp³-hybridized carbons (Fsp3) is 0.391. The summed E-state index contributed by atoms with van der Waals surface area (Å²) in [7, 11) is 0. The summed E-state index contributed by atoms with van der Waals surface area (Å²) in [5, 5.41) is 33.1. The van der Waals surface area contributed by atoms with Crippen molar-refractivity contribution in [2.24, 2.45) is 10.9 Å². The number of nitrogens with one attached hydrogen (secondary N) is 2. The molecule has 1 aromatic rings. The van der Waals surface area contributed by atoms with Crippen LogP contribution < -0.4 is 16.8 Å². The second-order valence-electron chi connectivity index (χ2n) is 9.68. The Kier molecular flexibility index (Phi) is 7.59. The van der Waals surface area contributed by atoms with Crippen LogP contribution >= 0.6 is 11.5 Å². The summed E-state index contributed by atoms with van der Waals surface area (Å²) < 4.78 is 3.92. The summed E-state index contributed by atoms with van der Waals surface area (Å²) in [5.74, 6) is -4.50. The van der Waals surface area contributed by atoms with Crippen molar-refractivity contribution in [2.75, 3.05) is 18.8 Å². The number of aliphatic carboxylic acids is 2. The van der Waals surface area contributed by atoms with Gasteiger partial charge in [0.05, 0.1) is 6.04 Å². The van der Waals surface area contributed by atoms with Gasteiger partial charge < -0.3 is 36.7 Å². The fourth-order valence-electron chi connectivity index (χ4n) is 4.35. The highest BCUT2D eigenvalue weighted by Crippen LogP contribution is 2.37. The van der Waals surface area contributed by atoms with Crippen LogP contribution in [0.2, 0.25) is 0 Å². The minimum Gasteiger partial charge on any atom is -0.478 e. The number of nitrogens with two attached hydrogens (primary N) is 2. The number of β-lactam (4-membered cyclic amide) rings is 1.